The number of methoxy groups -OCH3 is 2. The molecule has 3 unspecified atom stereocenters. The quantitative estimate of drug-likeness (QED) is 0.527. The lowest BCUT2D eigenvalue weighted by Gasteiger charge is -2.22. The van der Waals surface area contributed by atoms with E-state index in [1.165, 1.54) is 7.11 Å². The molecule has 0 saturated carbocycles. The van der Waals surface area contributed by atoms with Crippen LogP contribution in [-0.2, 0) is 19.0 Å². The molecule has 1 N–H and O–H groups in total. The maximum Gasteiger partial charge on any atom is 0.325 e. The topological polar surface area (TPSA) is 56.8 Å². The fourth-order valence-corrected chi connectivity index (χ4v) is 1.89. The normalized spacial score (nSPS) is 26.7. The zero-order valence-corrected chi connectivity index (χ0v) is 10.2. The average Bonchev–Trinajstić information content (AvgIpc) is 2.70. The van der Waals surface area contributed by atoms with Gasteiger partial charge in [0.1, 0.15) is 6.04 Å². The molecule has 0 radical (unpaired) electrons. The molecule has 94 valence electrons. The Morgan fingerprint density at radius 2 is 2.25 bits per heavy atom. The second-order valence-corrected chi connectivity index (χ2v) is 4.01. The van der Waals surface area contributed by atoms with Gasteiger partial charge in [0.15, 0.2) is 0 Å². The van der Waals surface area contributed by atoms with Crippen LogP contribution >= 0.6 is 0 Å². The van der Waals surface area contributed by atoms with Crippen molar-refractivity contribution < 1.29 is 19.0 Å². The number of ether oxygens (including phenoxy) is 3. The zero-order chi connectivity index (χ0) is 12.0. The van der Waals surface area contributed by atoms with E-state index in [4.69, 9.17) is 14.2 Å². The minimum atomic E-state index is -0.384. The molecule has 3 atom stereocenters. The van der Waals surface area contributed by atoms with E-state index in [2.05, 4.69) is 5.32 Å². The van der Waals surface area contributed by atoms with Crippen molar-refractivity contribution in [2.24, 2.45) is 0 Å². The Bertz CT molecular complexity index is 222. The Labute approximate surface area is 96.4 Å². The van der Waals surface area contributed by atoms with Crippen molar-refractivity contribution >= 4 is 5.97 Å². The summed E-state index contributed by atoms with van der Waals surface area (Å²) in [5.74, 6) is -0.268. The van der Waals surface area contributed by atoms with Gasteiger partial charge in [-0.05, 0) is 19.8 Å². The van der Waals surface area contributed by atoms with Crippen LogP contribution in [0.4, 0.5) is 0 Å². The molecule has 0 amide bonds. The monoisotopic (exact) mass is 231 g/mol. The van der Waals surface area contributed by atoms with Crippen molar-refractivity contribution in [2.75, 3.05) is 27.4 Å². The van der Waals surface area contributed by atoms with E-state index >= 15 is 0 Å². The molecule has 0 aromatic rings. The summed E-state index contributed by atoms with van der Waals surface area (Å²) in [6.45, 7) is 3.20. The molecule has 1 aliphatic rings. The molecule has 5 nitrogen and oxygen atoms in total. The minimum absolute atomic E-state index is 0.0840. The van der Waals surface area contributed by atoms with Crippen LogP contribution < -0.4 is 5.32 Å². The van der Waals surface area contributed by atoms with Crippen LogP contribution in [0.25, 0.3) is 0 Å². The van der Waals surface area contributed by atoms with E-state index in [0.717, 1.165) is 12.8 Å². The molecule has 1 rings (SSSR count). The van der Waals surface area contributed by atoms with E-state index in [1.54, 1.807) is 7.11 Å². The Morgan fingerprint density at radius 3 is 2.75 bits per heavy atom. The summed E-state index contributed by atoms with van der Waals surface area (Å²) >= 11 is 0. The highest BCUT2D eigenvalue weighted by atomic mass is 16.5. The molecule has 0 aromatic carbocycles. The van der Waals surface area contributed by atoms with Gasteiger partial charge in [0, 0.05) is 13.7 Å². The number of rotatable bonds is 6. The Kier molecular flexibility index (Phi) is 5.73. The molecule has 1 heterocycles. The molecule has 1 fully saturated rings. The summed E-state index contributed by atoms with van der Waals surface area (Å²) < 4.78 is 15.4. The number of esters is 1. The molecule has 16 heavy (non-hydrogen) atoms. The lowest BCUT2D eigenvalue weighted by atomic mass is 10.1. The van der Waals surface area contributed by atoms with Crippen LogP contribution in [0.2, 0.25) is 0 Å². The van der Waals surface area contributed by atoms with E-state index in [1.807, 2.05) is 6.92 Å². The first-order valence-corrected chi connectivity index (χ1v) is 5.64. The zero-order valence-electron chi connectivity index (χ0n) is 10.2. The molecular weight excluding hydrogens is 210 g/mol. The number of hydrogen-bond donors (Lipinski definition) is 1. The number of hydrogen-bond acceptors (Lipinski definition) is 5. The van der Waals surface area contributed by atoms with Gasteiger partial charge in [0.2, 0.25) is 0 Å². The van der Waals surface area contributed by atoms with E-state index in [-0.39, 0.29) is 24.2 Å². The van der Waals surface area contributed by atoms with Crippen LogP contribution in [-0.4, -0.2) is 51.6 Å². The van der Waals surface area contributed by atoms with Crippen molar-refractivity contribution in [3.63, 3.8) is 0 Å². The second-order valence-electron chi connectivity index (χ2n) is 4.01. The highest BCUT2D eigenvalue weighted by Gasteiger charge is 2.34. The maximum atomic E-state index is 11.6. The van der Waals surface area contributed by atoms with Gasteiger partial charge in [0.25, 0.3) is 0 Å². The Morgan fingerprint density at radius 1 is 1.50 bits per heavy atom. The summed E-state index contributed by atoms with van der Waals surface area (Å²) in [6.07, 6.45) is 2.02. The van der Waals surface area contributed by atoms with Crippen LogP contribution in [0.15, 0.2) is 0 Å². The van der Waals surface area contributed by atoms with Gasteiger partial charge >= 0.3 is 5.97 Å². The number of nitrogens with one attached hydrogen (secondary N) is 1. The van der Waals surface area contributed by atoms with Crippen LogP contribution in [0.3, 0.4) is 0 Å². The predicted molar refractivity (Wildman–Crippen MR) is 59.3 cm³/mol. The first-order valence-electron chi connectivity index (χ1n) is 5.64. The lowest BCUT2D eigenvalue weighted by Crippen LogP contribution is -2.47. The standard InChI is InChI=1S/C11H21NO4/c1-8-4-5-9(16-8)10(11(13)15-3)12-6-7-14-2/h8-10,12H,4-7H2,1-3H3. The minimum Gasteiger partial charge on any atom is -0.468 e. The third kappa shape index (κ3) is 3.73. The molecule has 1 saturated heterocycles. The molecular formula is C11H21NO4. The van der Waals surface area contributed by atoms with Crippen molar-refractivity contribution in [1.29, 1.82) is 0 Å². The van der Waals surface area contributed by atoms with Gasteiger partial charge in [-0.3, -0.25) is 10.1 Å². The summed E-state index contributed by atoms with van der Waals surface area (Å²) in [5, 5.41) is 3.11. The lowest BCUT2D eigenvalue weighted by molar-refractivity contribution is -0.147. The second kappa shape index (κ2) is 6.83. The first-order chi connectivity index (χ1) is 7.69. The fourth-order valence-electron chi connectivity index (χ4n) is 1.89. The van der Waals surface area contributed by atoms with Crippen LogP contribution in [0, 0.1) is 0 Å². The highest BCUT2D eigenvalue weighted by molar-refractivity contribution is 5.76. The van der Waals surface area contributed by atoms with Gasteiger partial charge in [-0.2, -0.15) is 0 Å². The predicted octanol–water partition coefficient (Wildman–Crippen LogP) is 0.331. The van der Waals surface area contributed by atoms with E-state index in [9.17, 15) is 4.79 Å². The van der Waals surface area contributed by atoms with Gasteiger partial charge < -0.3 is 14.2 Å². The average molecular weight is 231 g/mol. The maximum absolute atomic E-state index is 11.6. The third-order valence-corrected chi connectivity index (χ3v) is 2.76. The fraction of sp³-hybridized carbons (Fsp3) is 0.909. The van der Waals surface area contributed by atoms with Gasteiger partial charge in [-0.25, -0.2) is 0 Å². The van der Waals surface area contributed by atoms with Crippen molar-refractivity contribution in [3.05, 3.63) is 0 Å². The molecule has 0 aliphatic carbocycles. The summed E-state index contributed by atoms with van der Waals surface area (Å²) in [7, 11) is 3.02. The van der Waals surface area contributed by atoms with Crippen LogP contribution in [0.1, 0.15) is 19.8 Å². The summed E-state index contributed by atoms with van der Waals surface area (Å²) in [5.41, 5.74) is 0. The largest absolute Gasteiger partial charge is 0.468 e. The van der Waals surface area contributed by atoms with Crippen molar-refractivity contribution in [1.82, 2.24) is 5.32 Å². The summed E-state index contributed by atoms with van der Waals surface area (Å²) in [6, 6.07) is -0.384. The molecule has 0 bridgehead atoms. The van der Waals surface area contributed by atoms with Crippen molar-refractivity contribution in [3.8, 4) is 0 Å². The van der Waals surface area contributed by atoms with Crippen molar-refractivity contribution in [2.45, 2.75) is 38.0 Å². The Balaban J connectivity index is 2.46. The smallest absolute Gasteiger partial charge is 0.325 e. The summed E-state index contributed by atoms with van der Waals surface area (Å²) in [4.78, 5) is 11.6. The highest BCUT2D eigenvalue weighted by Crippen LogP contribution is 2.22. The van der Waals surface area contributed by atoms with E-state index < -0.39 is 0 Å². The SMILES string of the molecule is COCCNC(C(=O)OC)C1CCC(C)O1. The van der Waals surface area contributed by atoms with Gasteiger partial charge in [0.05, 0.1) is 25.9 Å². The van der Waals surface area contributed by atoms with Crippen LogP contribution in [0.5, 0.6) is 0 Å². The first kappa shape index (κ1) is 13.4. The van der Waals surface area contributed by atoms with E-state index in [0.29, 0.717) is 13.2 Å². The molecule has 1 aliphatic heterocycles. The van der Waals surface area contributed by atoms with Gasteiger partial charge in [-0.15, -0.1) is 0 Å². The third-order valence-electron chi connectivity index (χ3n) is 2.76. The number of carbonyl (C=O) groups excluding carboxylic acids is 1. The molecule has 5 heteroatoms. The number of carbonyl (C=O) groups is 1. The molecule has 0 spiro atoms. The van der Waals surface area contributed by atoms with Gasteiger partial charge in [-0.1, -0.05) is 0 Å². The molecule has 0 aromatic heterocycles. The Hall–Kier alpha value is -0.650.